The summed E-state index contributed by atoms with van der Waals surface area (Å²) in [6.45, 7) is 12.2. The van der Waals surface area contributed by atoms with E-state index in [9.17, 15) is 0 Å². The Labute approximate surface area is 107 Å². The number of benzene rings is 1. The van der Waals surface area contributed by atoms with E-state index in [-0.39, 0.29) is 0 Å². The van der Waals surface area contributed by atoms with Crippen molar-refractivity contribution in [2.45, 2.75) is 53.5 Å². The minimum Gasteiger partial charge on any atom is -0.314 e. The predicted molar refractivity (Wildman–Crippen MR) is 76.5 cm³/mol. The van der Waals surface area contributed by atoms with E-state index in [4.69, 9.17) is 0 Å². The van der Waals surface area contributed by atoms with Gasteiger partial charge in [0.05, 0.1) is 0 Å². The van der Waals surface area contributed by atoms with Crippen LogP contribution >= 0.6 is 0 Å². The molecule has 0 bridgehead atoms. The van der Waals surface area contributed by atoms with E-state index in [2.05, 4.69) is 58.1 Å². The Morgan fingerprint density at radius 2 is 1.88 bits per heavy atom. The minimum absolute atomic E-state index is 0.640. The molecule has 0 fully saturated rings. The molecule has 1 heteroatoms. The van der Waals surface area contributed by atoms with Crippen LogP contribution < -0.4 is 5.32 Å². The maximum absolute atomic E-state index is 3.58. The summed E-state index contributed by atoms with van der Waals surface area (Å²) in [6, 6.07) is 7.43. The van der Waals surface area contributed by atoms with E-state index in [0.717, 1.165) is 6.54 Å². The molecule has 96 valence electrons. The molecule has 1 atom stereocenters. The maximum Gasteiger partial charge on any atom is 0.00931 e. The maximum atomic E-state index is 3.58. The van der Waals surface area contributed by atoms with Crippen LogP contribution in [-0.4, -0.2) is 12.6 Å². The van der Waals surface area contributed by atoms with Gasteiger partial charge in [0, 0.05) is 6.04 Å². The van der Waals surface area contributed by atoms with Crippen LogP contribution in [0.4, 0.5) is 0 Å². The molecule has 0 saturated carbocycles. The molecule has 1 N–H and O–H groups in total. The lowest BCUT2D eigenvalue weighted by Crippen LogP contribution is -2.34. The summed E-state index contributed by atoms with van der Waals surface area (Å²) in [5.41, 5.74) is 4.29. The summed E-state index contributed by atoms with van der Waals surface area (Å²) in [5, 5.41) is 3.58. The molecule has 1 rings (SSSR count). The average molecular weight is 233 g/mol. The molecule has 0 spiro atoms. The molecule has 1 aromatic rings. The Bertz CT molecular complexity index is 341. The number of rotatable bonds is 6. The SMILES string of the molecule is CCNC(CCc1ccc(C)cc1C)C(C)C. The van der Waals surface area contributed by atoms with Gasteiger partial charge in [0.1, 0.15) is 0 Å². The van der Waals surface area contributed by atoms with Crippen molar-refractivity contribution in [3.05, 3.63) is 34.9 Å². The first-order valence-corrected chi connectivity index (χ1v) is 6.84. The Kier molecular flexibility index (Phi) is 5.70. The van der Waals surface area contributed by atoms with E-state index in [0.29, 0.717) is 12.0 Å². The molecule has 0 saturated heterocycles. The zero-order valence-corrected chi connectivity index (χ0v) is 12.0. The summed E-state index contributed by atoms with van der Waals surface area (Å²) in [6.07, 6.45) is 2.41. The molecule has 0 radical (unpaired) electrons. The highest BCUT2D eigenvalue weighted by Crippen LogP contribution is 2.15. The molecule has 17 heavy (non-hydrogen) atoms. The van der Waals surface area contributed by atoms with Gasteiger partial charge in [-0.05, 0) is 50.3 Å². The molecule has 1 aromatic carbocycles. The van der Waals surface area contributed by atoms with Gasteiger partial charge < -0.3 is 5.32 Å². The number of hydrogen-bond acceptors (Lipinski definition) is 1. The molecule has 0 amide bonds. The van der Waals surface area contributed by atoms with Gasteiger partial charge in [-0.3, -0.25) is 0 Å². The number of nitrogens with one attached hydrogen (secondary N) is 1. The monoisotopic (exact) mass is 233 g/mol. The third-order valence-corrected chi connectivity index (χ3v) is 3.49. The zero-order valence-electron chi connectivity index (χ0n) is 12.0. The molecule has 1 nitrogen and oxygen atoms in total. The van der Waals surface area contributed by atoms with Gasteiger partial charge in [-0.1, -0.05) is 44.5 Å². The van der Waals surface area contributed by atoms with Crippen molar-refractivity contribution in [3.8, 4) is 0 Å². The highest BCUT2D eigenvalue weighted by Gasteiger charge is 2.12. The normalized spacial score (nSPS) is 13.1. The van der Waals surface area contributed by atoms with Crippen LogP contribution in [-0.2, 0) is 6.42 Å². The zero-order chi connectivity index (χ0) is 12.8. The lowest BCUT2D eigenvalue weighted by atomic mass is 9.94. The van der Waals surface area contributed by atoms with Crippen molar-refractivity contribution in [3.63, 3.8) is 0 Å². The van der Waals surface area contributed by atoms with Crippen molar-refractivity contribution < 1.29 is 0 Å². The average Bonchev–Trinajstić information content (AvgIpc) is 2.25. The van der Waals surface area contributed by atoms with Crippen LogP contribution in [0.3, 0.4) is 0 Å². The third-order valence-electron chi connectivity index (χ3n) is 3.49. The lowest BCUT2D eigenvalue weighted by molar-refractivity contribution is 0.385. The first-order valence-electron chi connectivity index (χ1n) is 6.84. The van der Waals surface area contributed by atoms with Crippen molar-refractivity contribution in [1.82, 2.24) is 5.32 Å². The number of hydrogen-bond donors (Lipinski definition) is 1. The molecular formula is C16H27N. The van der Waals surface area contributed by atoms with Crippen LogP contribution in [0, 0.1) is 19.8 Å². The highest BCUT2D eigenvalue weighted by atomic mass is 14.9. The van der Waals surface area contributed by atoms with Gasteiger partial charge in [0.15, 0.2) is 0 Å². The first-order chi connectivity index (χ1) is 8.04. The van der Waals surface area contributed by atoms with Crippen LogP contribution in [0.15, 0.2) is 18.2 Å². The van der Waals surface area contributed by atoms with Gasteiger partial charge in [0.25, 0.3) is 0 Å². The topological polar surface area (TPSA) is 12.0 Å². The van der Waals surface area contributed by atoms with Gasteiger partial charge >= 0.3 is 0 Å². The fraction of sp³-hybridized carbons (Fsp3) is 0.625. The van der Waals surface area contributed by atoms with Crippen LogP contribution in [0.2, 0.25) is 0 Å². The van der Waals surface area contributed by atoms with Gasteiger partial charge in [-0.2, -0.15) is 0 Å². The summed E-state index contributed by atoms with van der Waals surface area (Å²) < 4.78 is 0. The molecule has 0 aromatic heterocycles. The van der Waals surface area contributed by atoms with E-state index in [1.54, 1.807) is 0 Å². The minimum atomic E-state index is 0.640. The molecule has 1 unspecified atom stereocenters. The fourth-order valence-electron chi connectivity index (χ4n) is 2.37. The van der Waals surface area contributed by atoms with E-state index in [1.165, 1.54) is 29.5 Å². The standard InChI is InChI=1S/C16H27N/c1-6-17-16(12(2)3)10-9-15-8-7-13(4)11-14(15)5/h7-8,11-12,16-17H,6,9-10H2,1-5H3. The van der Waals surface area contributed by atoms with Crippen LogP contribution in [0.25, 0.3) is 0 Å². The predicted octanol–water partition coefficient (Wildman–Crippen LogP) is 3.87. The smallest absolute Gasteiger partial charge is 0.00931 e. The van der Waals surface area contributed by atoms with Crippen molar-refractivity contribution >= 4 is 0 Å². The van der Waals surface area contributed by atoms with Crippen molar-refractivity contribution in [2.75, 3.05) is 6.54 Å². The molecule has 0 heterocycles. The van der Waals surface area contributed by atoms with Crippen LogP contribution in [0.5, 0.6) is 0 Å². The van der Waals surface area contributed by atoms with Gasteiger partial charge in [-0.25, -0.2) is 0 Å². The summed E-state index contributed by atoms with van der Waals surface area (Å²) in [4.78, 5) is 0. The van der Waals surface area contributed by atoms with Gasteiger partial charge in [-0.15, -0.1) is 0 Å². The molecular weight excluding hydrogens is 206 g/mol. The Morgan fingerprint density at radius 1 is 1.18 bits per heavy atom. The lowest BCUT2D eigenvalue weighted by Gasteiger charge is -2.22. The van der Waals surface area contributed by atoms with Crippen molar-refractivity contribution in [2.24, 2.45) is 5.92 Å². The Morgan fingerprint density at radius 3 is 2.41 bits per heavy atom. The third kappa shape index (κ3) is 4.51. The second-order valence-electron chi connectivity index (χ2n) is 5.38. The van der Waals surface area contributed by atoms with E-state index >= 15 is 0 Å². The van der Waals surface area contributed by atoms with Gasteiger partial charge in [0.2, 0.25) is 0 Å². The largest absolute Gasteiger partial charge is 0.314 e. The summed E-state index contributed by atoms with van der Waals surface area (Å²) in [5.74, 6) is 0.709. The fourth-order valence-corrected chi connectivity index (χ4v) is 2.37. The first kappa shape index (κ1) is 14.2. The molecule has 0 aliphatic heterocycles. The molecule has 0 aliphatic carbocycles. The summed E-state index contributed by atoms with van der Waals surface area (Å²) in [7, 11) is 0. The second-order valence-corrected chi connectivity index (χ2v) is 5.38. The highest BCUT2D eigenvalue weighted by molar-refractivity contribution is 5.30. The Hall–Kier alpha value is -0.820. The quantitative estimate of drug-likeness (QED) is 0.786. The Balaban J connectivity index is 2.59. The summed E-state index contributed by atoms with van der Waals surface area (Å²) >= 11 is 0. The van der Waals surface area contributed by atoms with E-state index < -0.39 is 0 Å². The number of aryl methyl sites for hydroxylation is 3. The van der Waals surface area contributed by atoms with Crippen LogP contribution in [0.1, 0.15) is 43.9 Å². The molecule has 0 aliphatic rings. The second kappa shape index (κ2) is 6.80. The van der Waals surface area contributed by atoms with Crippen molar-refractivity contribution in [1.29, 1.82) is 0 Å². The van der Waals surface area contributed by atoms with E-state index in [1.807, 2.05) is 0 Å².